The third-order valence-corrected chi connectivity index (χ3v) is 2.33. The van der Waals surface area contributed by atoms with Crippen molar-refractivity contribution in [2.75, 3.05) is 20.3 Å². The van der Waals surface area contributed by atoms with Crippen molar-refractivity contribution >= 4 is 26.4 Å². The topological polar surface area (TPSA) is 35.5 Å². The SMILES string of the molecule is COCCOc1ccc(C(=O)I)cc1F. The van der Waals surface area contributed by atoms with Gasteiger partial charge in [0.25, 0.3) is 0 Å². The van der Waals surface area contributed by atoms with E-state index in [9.17, 15) is 9.18 Å². The molecule has 0 atom stereocenters. The molecule has 0 unspecified atom stereocenters. The lowest BCUT2D eigenvalue weighted by Crippen LogP contribution is -2.05. The number of hydrogen-bond acceptors (Lipinski definition) is 3. The van der Waals surface area contributed by atoms with Gasteiger partial charge in [0.2, 0.25) is 3.79 Å². The maximum atomic E-state index is 13.3. The van der Waals surface area contributed by atoms with E-state index in [-0.39, 0.29) is 16.1 Å². The highest BCUT2D eigenvalue weighted by atomic mass is 127. The van der Waals surface area contributed by atoms with Crippen molar-refractivity contribution in [2.24, 2.45) is 0 Å². The predicted octanol–water partition coefficient (Wildman–Crippen LogP) is 2.43. The van der Waals surface area contributed by atoms with Crippen LogP contribution in [0.1, 0.15) is 10.4 Å². The molecule has 0 aliphatic carbocycles. The summed E-state index contributed by atoms with van der Waals surface area (Å²) < 4.78 is 23.0. The van der Waals surface area contributed by atoms with Crippen LogP contribution < -0.4 is 4.74 Å². The molecule has 0 saturated heterocycles. The van der Waals surface area contributed by atoms with E-state index in [4.69, 9.17) is 9.47 Å². The maximum absolute atomic E-state index is 13.3. The molecule has 0 aliphatic heterocycles. The highest BCUT2D eigenvalue weighted by molar-refractivity contribution is 14.1. The number of ether oxygens (including phenoxy) is 2. The van der Waals surface area contributed by atoms with Crippen LogP contribution in [0.15, 0.2) is 18.2 Å². The quantitative estimate of drug-likeness (QED) is 0.474. The van der Waals surface area contributed by atoms with E-state index in [2.05, 4.69) is 0 Å². The van der Waals surface area contributed by atoms with Crippen LogP contribution >= 0.6 is 22.6 Å². The highest BCUT2D eigenvalue weighted by Crippen LogP contribution is 2.19. The van der Waals surface area contributed by atoms with E-state index in [0.717, 1.165) is 6.07 Å². The minimum atomic E-state index is -0.534. The van der Waals surface area contributed by atoms with Gasteiger partial charge in [-0.3, -0.25) is 4.79 Å². The van der Waals surface area contributed by atoms with Crippen LogP contribution in [-0.4, -0.2) is 24.1 Å². The molecule has 0 aliphatic rings. The number of rotatable bonds is 5. The van der Waals surface area contributed by atoms with E-state index >= 15 is 0 Å². The van der Waals surface area contributed by atoms with Gasteiger partial charge in [0.05, 0.1) is 6.61 Å². The van der Waals surface area contributed by atoms with Crippen LogP contribution in [0, 0.1) is 5.82 Å². The summed E-state index contributed by atoms with van der Waals surface area (Å²) in [4.78, 5) is 10.9. The number of carbonyl (C=O) groups is 1. The average molecular weight is 324 g/mol. The largest absolute Gasteiger partial charge is 0.488 e. The molecule has 0 heterocycles. The van der Waals surface area contributed by atoms with Crippen molar-refractivity contribution in [3.05, 3.63) is 29.6 Å². The summed E-state index contributed by atoms with van der Waals surface area (Å²) in [5, 5.41) is 0. The fraction of sp³-hybridized carbons (Fsp3) is 0.300. The second-order valence-corrected chi connectivity index (χ2v) is 3.74. The van der Waals surface area contributed by atoms with Gasteiger partial charge in [0.15, 0.2) is 11.6 Å². The molecule has 3 nitrogen and oxygen atoms in total. The van der Waals surface area contributed by atoms with Gasteiger partial charge in [-0.05, 0) is 18.2 Å². The van der Waals surface area contributed by atoms with Crippen molar-refractivity contribution < 1.29 is 18.7 Å². The summed E-state index contributed by atoms with van der Waals surface area (Å²) in [5.41, 5.74) is 0.326. The first-order valence-corrected chi connectivity index (χ1v) is 5.34. The molecule has 1 rings (SSSR count). The van der Waals surface area contributed by atoms with E-state index in [1.807, 2.05) is 0 Å². The molecule has 15 heavy (non-hydrogen) atoms. The number of halogens is 2. The van der Waals surface area contributed by atoms with E-state index in [0.29, 0.717) is 12.2 Å². The first-order valence-electron chi connectivity index (χ1n) is 4.26. The van der Waals surface area contributed by atoms with Gasteiger partial charge < -0.3 is 9.47 Å². The van der Waals surface area contributed by atoms with Crippen LogP contribution in [0.5, 0.6) is 5.75 Å². The monoisotopic (exact) mass is 324 g/mol. The van der Waals surface area contributed by atoms with Crippen molar-refractivity contribution in [3.63, 3.8) is 0 Å². The van der Waals surface area contributed by atoms with Gasteiger partial charge in [0, 0.05) is 35.3 Å². The molecule has 1 aromatic rings. The molecule has 82 valence electrons. The normalized spacial score (nSPS) is 10.1. The fourth-order valence-electron chi connectivity index (χ4n) is 0.975. The Balaban J connectivity index is 2.70. The van der Waals surface area contributed by atoms with E-state index in [1.54, 1.807) is 22.6 Å². The lowest BCUT2D eigenvalue weighted by atomic mass is 10.2. The Labute approximate surface area is 101 Å². The van der Waals surface area contributed by atoms with Gasteiger partial charge in [-0.2, -0.15) is 0 Å². The zero-order valence-corrected chi connectivity index (χ0v) is 10.3. The molecule has 5 heteroatoms. The van der Waals surface area contributed by atoms with Crippen LogP contribution in [0.2, 0.25) is 0 Å². The average Bonchev–Trinajstić information content (AvgIpc) is 2.20. The Morgan fingerprint density at radius 3 is 2.73 bits per heavy atom. The third-order valence-electron chi connectivity index (χ3n) is 1.70. The number of hydrogen-bond donors (Lipinski definition) is 0. The molecule has 0 fully saturated rings. The Morgan fingerprint density at radius 2 is 2.20 bits per heavy atom. The van der Waals surface area contributed by atoms with Crippen molar-refractivity contribution in [3.8, 4) is 5.75 Å². The number of benzene rings is 1. The van der Waals surface area contributed by atoms with Crippen molar-refractivity contribution in [2.45, 2.75) is 0 Å². The highest BCUT2D eigenvalue weighted by Gasteiger charge is 2.07. The van der Waals surface area contributed by atoms with Gasteiger partial charge in [-0.15, -0.1) is 0 Å². The summed E-state index contributed by atoms with van der Waals surface area (Å²) in [6.45, 7) is 0.678. The second kappa shape index (κ2) is 6.02. The van der Waals surface area contributed by atoms with Crippen LogP contribution in [0.3, 0.4) is 0 Å². The predicted molar refractivity (Wildman–Crippen MR) is 62.1 cm³/mol. The Kier molecular flexibility index (Phi) is 4.97. The summed E-state index contributed by atoms with van der Waals surface area (Å²) in [7, 11) is 1.54. The van der Waals surface area contributed by atoms with Crippen molar-refractivity contribution in [1.82, 2.24) is 0 Å². The summed E-state index contributed by atoms with van der Waals surface area (Å²) in [6.07, 6.45) is 0. The molecular formula is C10H10FIO3. The smallest absolute Gasteiger partial charge is 0.222 e. The fourth-order valence-corrected chi connectivity index (χ4v) is 1.31. The molecule has 0 bridgehead atoms. The second-order valence-electron chi connectivity index (χ2n) is 2.76. The standard InChI is InChI=1S/C10H10FIO3/c1-14-4-5-15-9-3-2-7(10(12)13)6-8(9)11/h2-3,6H,4-5H2,1H3. The molecule has 0 aromatic heterocycles. The Morgan fingerprint density at radius 1 is 1.47 bits per heavy atom. The van der Waals surface area contributed by atoms with Crippen LogP contribution in [-0.2, 0) is 4.74 Å². The lowest BCUT2D eigenvalue weighted by molar-refractivity contribution is 0.110. The van der Waals surface area contributed by atoms with Gasteiger partial charge in [0.1, 0.15) is 6.61 Å². The summed E-state index contributed by atoms with van der Waals surface area (Å²) >= 11 is 1.61. The zero-order valence-electron chi connectivity index (χ0n) is 8.13. The number of carbonyl (C=O) groups excluding carboxylic acids is 1. The zero-order chi connectivity index (χ0) is 11.3. The van der Waals surface area contributed by atoms with Crippen molar-refractivity contribution in [1.29, 1.82) is 0 Å². The first kappa shape index (κ1) is 12.4. The molecule has 0 saturated carbocycles. The molecule has 0 spiro atoms. The third kappa shape index (κ3) is 3.75. The molecule has 0 amide bonds. The molecule has 0 N–H and O–H groups in total. The Hall–Kier alpha value is -0.690. The molecular weight excluding hydrogens is 314 g/mol. The molecule has 0 radical (unpaired) electrons. The van der Waals surface area contributed by atoms with Crippen LogP contribution in [0.4, 0.5) is 4.39 Å². The summed E-state index contributed by atoms with van der Waals surface area (Å²) in [6, 6.07) is 4.13. The van der Waals surface area contributed by atoms with Gasteiger partial charge >= 0.3 is 0 Å². The molecule has 1 aromatic carbocycles. The van der Waals surface area contributed by atoms with E-state index in [1.165, 1.54) is 19.2 Å². The maximum Gasteiger partial charge on any atom is 0.222 e. The summed E-state index contributed by atoms with van der Waals surface area (Å²) in [5.74, 6) is -0.401. The minimum Gasteiger partial charge on any atom is -0.488 e. The number of methoxy groups -OCH3 is 1. The van der Waals surface area contributed by atoms with Gasteiger partial charge in [-0.25, -0.2) is 4.39 Å². The minimum absolute atomic E-state index is 0.133. The Bertz CT molecular complexity index is 355. The van der Waals surface area contributed by atoms with E-state index < -0.39 is 5.82 Å². The van der Waals surface area contributed by atoms with Gasteiger partial charge in [-0.1, -0.05) is 0 Å². The first-order chi connectivity index (χ1) is 7.15. The van der Waals surface area contributed by atoms with Crippen LogP contribution in [0.25, 0.3) is 0 Å². The lowest BCUT2D eigenvalue weighted by Gasteiger charge is -2.06.